The fraction of sp³-hybridized carbons (Fsp3) is 0.435. The van der Waals surface area contributed by atoms with Gasteiger partial charge in [0.15, 0.2) is 0 Å². The third kappa shape index (κ3) is 4.90. The molecular formula is C23H28N4O3. The maximum atomic E-state index is 12.5. The Bertz CT molecular complexity index is 987. The number of carbonyl (C=O) groups is 2. The highest BCUT2D eigenvalue weighted by Crippen LogP contribution is 2.23. The number of rotatable bonds is 8. The Balaban J connectivity index is 1.39. The van der Waals surface area contributed by atoms with Gasteiger partial charge in [0.1, 0.15) is 18.1 Å². The minimum Gasteiger partial charge on any atom is -0.467 e. The largest absolute Gasteiger partial charge is 0.467 e. The van der Waals surface area contributed by atoms with Crippen molar-refractivity contribution in [3.8, 4) is 0 Å². The Kier molecular flexibility index (Phi) is 6.47. The molecule has 1 saturated carbocycles. The number of nitrogens with zero attached hydrogens (tertiary/aromatic N) is 2. The van der Waals surface area contributed by atoms with E-state index in [9.17, 15) is 9.59 Å². The van der Waals surface area contributed by atoms with E-state index < -0.39 is 0 Å². The van der Waals surface area contributed by atoms with Crippen LogP contribution in [0.3, 0.4) is 0 Å². The normalized spacial score (nSPS) is 14.7. The van der Waals surface area contributed by atoms with Crippen LogP contribution in [-0.2, 0) is 29.1 Å². The lowest BCUT2D eigenvalue weighted by Crippen LogP contribution is -2.34. The molecule has 0 unspecified atom stereocenters. The molecule has 1 fully saturated rings. The molecule has 0 bridgehead atoms. The molecule has 2 amide bonds. The van der Waals surface area contributed by atoms with Gasteiger partial charge in [-0.2, -0.15) is 0 Å². The van der Waals surface area contributed by atoms with E-state index in [1.165, 1.54) is 6.42 Å². The summed E-state index contributed by atoms with van der Waals surface area (Å²) in [5.41, 5.74) is 1.77. The summed E-state index contributed by atoms with van der Waals surface area (Å²) in [6.07, 6.45) is 7.65. The number of carbonyl (C=O) groups excluding carboxylic acids is 2. The van der Waals surface area contributed by atoms with E-state index in [0.29, 0.717) is 25.3 Å². The summed E-state index contributed by atoms with van der Waals surface area (Å²) in [5, 5.41) is 5.95. The molecule has 2 aromatic heterocycles. The molecule has 0 radical (unpaired) electrons. The van der Waals surface area contributed by atoms with Crippen molar-refractivity contribution in [1.82, 2.24) is 20.2 Å². The molecule has 158 valence electrons. The Labute approximate surface area is 175 Å². The van der Waals surface area contributed by atoms with Crippen LogP contribution in [0.15, 0.2) is 47.1 Å². The number of aromatic nitrogens is 2. The Morgan fingerprint density at radius 1 is 1.07 bits per heavy atom. The molecule has 4 rings (SSSR count). The summed E-state index contributed by atoms with van der Waals surface area (Å²) in [6.45, 7) is 1.05. The van der Waals surface area contributed by atoms with E-state index in [-0.39, 0.29) is 24.3 Å². The number of hydrogen-bond donors (Lipinski definition) is 2. The summed E-state index contributed by atoms with van der Waals surface area (Å²) < 4.78 is 7.19. The first-order valence-corrected chi connectivity index (χ1v) is 10.7. The maximum Gasteiger partial charge on any atom is 0.240 e. The molecule has 2 heterocycles. The highest BCUT2D eigenvalue weighted by Gasteiger charge is 2.21. The number of hydrogen-bond acceptors (Lipinski definition) is 4. The van der Waals surface area contributed by atoms with Crippen LogP contribution in [0.25, 0.3) is 11.0 Å². The van der Waals surface area contributed by atoms with Gasteiger partial charge in [-0.05, 0) is 37.1 Å². The smallest absolute Gasteiger partial charge is 0.240 e. The summed E-state index contributed by atoms with van der Waals surface area (Å²) in [4.78, 5) is 29.6. The minimum absolute atomic E-state index is 0.109. The molecule has 0 spiro atoms. The second kappa shape index (κ2) is 9.61. The maximum absolute atomic E-state index is 12.5. The lowest BCUT2D eigenvalue weighted by Gasteiger charge is -2.20. The van der Waals surface area contributed by atoms with Gasteiger partial charge in [0.2, 0.25) is 11.8 Å². The average Bonchev–Trinajstić information content (AvgIpc) is 3.41. The lowest BCUT2D eigenvalue weighted by atomic mass is 9.89. The Hall–Kier alpha value is -3.09. The van der Waals surface area contributed by atoms with Crippen molar-refractivity contribution in [2.75, 3.05) is 6.54 Å². The van der Waals surface area contributed by atoms with Gasteiger partial charge in [0.05, 0.1) is 23.8 Å². The fourth-order valence-corrected chi connectivity index (χ4v) is 4.10. The molecule has 7 nitrogen and oxygen atoms in total. The van der Waals surface area contributed by atoms with Crippen LogP contribution in [0, 0.1) is 5.92 Å². The van der Waals surface area contributed by atoms with Gasteiger partial charge in [-0.1, -0.05) is 31.4 Å². The van der Waals surface area contributed by atoms with Crippen molar-refractivity contribution in [2.45, 2.75) is 51.6 Å². The monoisotopic (exact) mass is 408 g/mol. The van der Waals surface area contributed by atoms with Crippen molar-refractivity contribution >= 4 is 22.8 Å². The zero-order chi connectivity index (χ0) is 20.8. The van der Waals surface area contributed by atoms with Crippen LogP contribution in [0.4, 0.5) is 0 Å². The van der Waals surface area contributed by atoms with E-state index in [2.05, 4.69) is 10.6 Å². The number of amides is 2. The zero-order valence-electron chi connectivity index (χ0n) is 17.1. The van der Waals surface area contributed by atoms with Gasteiger partial charge in [0, 0.05) is 18.9 Å². The van der Waals surface area contributed by atoms with Gasteiger partial charge in [-0.3, -0.25) is 9.59 Å². The summed E-state index contributed by atoms with van der Waals surface area (Å²) >= 11 is 0. The van der Waals surface area contributed by atoms with E-state index in [1.54, 1.807) is 12.3 Å². The fourth-order valence-electron chi connectivity index (χ4n) is 4.10. The summed E-state index contributed by atoms with van der Waals surface area (Å²) in [5.74, 6) is 1.69. The zero-order valence-corrected chi connectivity index (χ0v) is 17.1. The molecule has 0 saturated heterocycles. The number of nitrogens with one attached hydrogen (secondary N) is 2. The number of furan rings is 1. The van der Waals surface area contributed by atoms with Crippen molar-refractivity contribution in [1.29, 1.82) is 0 Å². The summed E-state index contributed by atoms with van der Waals surface area (Å²) in [7, 11) is 0. The van der Waals surface area contributed by atoms with Gasteiger partial charge in [-0.15, -0.1) is 0 Å². The number of benzene rings is 1. The van der Waals surface area contributed by atoms with Gasteiger partial charge >= 0.3 is 0 Å². The van der Waals surface area contributed by atoms with E-state index >= 15 is 0 Å². The van der Waals surface area contributed by atoms with Gasteiger partial charge in [-0.25, -0.2) is 4.98 Å². The first-order valence-electron chi connectivity index (χ1n) is 10.7. The molecule has 30 heavy (non-hydrogen) atoms. The number of imidazole rings is 1. The third-order valence-corrected chi connectivity index (χ3v) is 5.70. The predicted molar refractivity (Wildman–Crippen MR) is 114 cm³/mol. The molecule has 0 aliphatic heterocycles. The molecule has 0 atom stereocenters. The predicted octanol–water partition coefficient (Wildman–Crippen LogP) is 3.18. The lowest BCUT2D eigenvalue weighted by molar-refractivity contribution is -0.126. The topological polar surface area (TPSA) is 89.2 Å². The Morgan fingerprint density at radius 3 is 2.70 bits per heavy atom. The highest BCUT2D eigenvalue weighted by atomic mass is 16.3. The molecular weight excluding hydrogens is 380 g/mol. The van der Waals surface area contributed by atoms with Crippen molar-refractivity contribution < 1.29 is 14.0 Å². The molecule has 1 aliphatic rings. The minimum atomic E-state index is -0.109. The van der Waals surface area contributed by atoms with Crippen LogP contribution < -0.4 is 10.6 Å². The quantitative estimate of drug-likeness (QED) is 0.599. The number of fused-ring (bicyclic) bond motifs is 1. The Morgan fingerprint density at radius 2 is 1.90 bits per heavy atom. The van der Waals surface area contributed by atoms with Crippen LogP contribution in [-0.4, -0.2) is 27.9 Å². The molecule has 3 aromatic rings. The van der Waals surface area contributed by atoms with Crippen molar-refractivity contribution in [3.05, 3.63) is 54.2 Å². The summed E-state index contributed by atoms with van der Waals surface area (Å²) in [6, 6.07) is 11.4. The SMILES string of the molecule is O=C(Cn1c(CCNC(=O)C2CCCCC2)nc2ccccc21)NCc1ccco1. The molecule has 1 aromatic carbocycles. The van der Waals surface area contributed by atoms with Crippen LogP contribution in [0.5, 0.6) is 0 Å². The third-order valence-electron chi connectivity index (χ3n) is 5.70. The number of para-hydroxylation sites is 2. The first kappa shape index (κ1) is 20.2. The standard InChI is InChI=1S/C23H28N4O3/c28-22(25-15-18-9-6-14-30-18)16-27-20-11-5-4-10-19(20)26-21(27)12-13-24-23(29)17-7-2-1-3-8-17/h4-6,9-11,14,17H,1-3,7-8,12-13,15-16H2,(H,24,29)(H,25,28). The van der Waals surface area contributed by atoms with Gasteiger partial charge in [0.25, 0.3) is 0 Å². The average molecular weight is 409 g/mol. The highest BCUT2D eigenvalue weighted by molar-refractivity contribution is 5.81. The van der Waals surface area contributed by atoms with Crippen LogP contribution in [0.1, 0.15) is 43.7 Å². The second-order valence-corrected chi connectivity index (χ2v) is 7.83. The molecule has 1 aliphatic carbocycles. The first-order chi connectivity index (χ1) is 14.7. The van der Waals surface area contributed by atoms with E-state index in [0.717, 1.165) is 42.5 Å². The van der Waals surface area contributed by atoms with Crippen molar-refractivity contribution in [3.63, 3.8) is 0 Å². The molecule has 7 heteroatoms. The molecule has 2 N–H and O–H groups in total. The van der Waals surface area contributed by atoms with E-state index in [4.69, 9.17) is 9.40 Å². The van der Waals surface area contributed by atoms with Crippen LogP contribution >= 0.6 is 0 Å². The van der Waals surface area contributed by atoms with Gasteiger partial charge < -0.3 is 19.6 Å². The second-order valence-electron chi connectivity index (χ2n) is 7.83. The van der Waals surface area contributed by atoms with Crippen molar-refractivity contribution in [2.24, 2.45) is 5.92 Å². The van der Waals surface area contributed by atoms with E-state index in [1.807, 2.05) is 34.9 Å². The van der Waals surface area contributed by atoms with Crippen LogP contribution in [0.2, 0.25) is 0 Å².